The second-order valence-corrected chi connectivity index (χ2v) is 8.49. The average Bonchev–Trinajstić information content (AvgIpc) is 3.01. The lowest BCUT2D eigenvalue weighted by Crippen LogP contribution is -2.32. The van der Waals surface area contributed by atoms with Crippen LogP contribution in [-0.4, -0.2) is 23.4 Å². The summed E-state index contributed by atoms with van der Waals surface area (Å²) in [5.74, 6) is 0. The van der Waals surface area contributed by atoms with Crippen LogP contribution in [0, 0.1) is 6.92 Å². The minimum atomic E-state index is -4.14. The zero-order valence-electron chi connectivity index (χ0n) is 14.4. The molecule has 0 fully saturated rings. The van der Waals surface area contributed by atoms with Crippen LogP contribution in [0.3, 0.4) is 0 Å². The highest BCUT2D eigenvalue weighted by molar-refractivity contribution is 7.92. The van der Waals surface area contributed by atoms with E-state index in [-0.39, 0.29) is 5.69 Å². The number of aromatic nitrogens is 3. The van der Waals surface area contributed by atoms with Crippen molar-refractivity contribution in [1.29, 1.82) is 0 Å². The Morgan fingerprint density at radius 1 is 0.923 bits per heavy atom. The largest absolute Gasteiger partial charge is 0.325 e. The number of pyridine rings is 1. The second kappa shape index (κ2) is 6.08. The minimum Gasteiger partial charge on any atom is -0.310 e. The molecule has 2 aromatic heterocycles. The Hall–Kier alpha value is -2.42. The highest BCUT2D eigenvalue weighted by Crippen LogP contribution is 2.36. The van der Waals surface area contributed by atoms with Gasteiger partial charge in [0.15, 0.2) is 4.90 Å². The maximum absolute atomic E-state index is 13.0. The van der Waals surface area contributed by atoms with Crippen molar-refractivity contribution in [2.45, 2.75) is 56.8 Å². The van der Waals surface area contributed by atoms with Crippen LogP contribution in [0.2, 0.25) is 0 Å². The number of hydrogen-bond acceptors (Lipinski definition) is 5. The summed E-state index contributed by atoms with van der Waals surface area (Å²) in [7, 11) is -4.14. The van der Waals surface area contributed by atoms with Crippen LogP contribution in [0.25, 0.3) is 0 Å². The van der Waals surface area contributed by atoms with Gasteiger partial charge in [0.25, 0.3) is 15.6 Å². The van der Waals surface area contributed by atoms with Crippen molar-refractivity contribution < 1.29 is 8.42 Å². The molecule has 8 nitrogen and oxygen atoms in total. The fourth-order valence-corrected chi connectivity index (χ4v) is 5.33. The lowest BCUT2D eigenvalue weighted by Gasteiger charge is -2.22. The van der Waals surface area contributed by atoms with E-state index in [0.29, 0.717) is 5.69 Å². The van der Waals surface area contributed by atoms with Crippen LogP contribution in [-0.2, 0) is 35.7 Å². The first-order chi connectivity index (χ1) is 12.4. The van der Waals surface area contributed by atoms with Gasteiger partial charge in [-0.05, 0) is 63.0 Å². The molecule has 26 heavy (non-hydrogen) atoms. The number of H-pyrrole nitrogens is 2. The number of nitrogens with zero attached hydrogens (tertiary/aromatic N) is 1. The summed E-state index contributed by atoms with van der Waals surface area (Å²) < 4.78 is 28.6. The Morgan fingerprint density at radius 2 is 1.54 bits per heavy atom. The van der Waals surface area contributed by atoms with Crippen LogP contribution in [0.15, 0.2) is 14.5 Å². The Kier molecular flexibility index (Phi) is 3.98. The number of aryl methyl sites for hydroxylation is 3. The second-order valence-electron chi connectivity index (χ2n) is 6.87. The molecular weight excluding hydrogens is 356 g/mol. The summed E-state index contributed by atoms with van der Waals surface area (Å²) in [6.07, 6.45) is 6.20. The first-order valence-electron chi connectivity index (χ1n) is 8.76. The van der Waals surface area contributed by atoms with Crippen LogP contribution >= 0.6 is 0 Å². The Bertz CT molecular complexity index is 1110. The molecule has 0 saturated heterocycles. The van der Waals surface area contributed by atoms with Crippen molar-refractivity contribution in [2.24, 2.45) is 0 Å². The summed E-state index contributed by atoms with van der Waals surface area (Å²) in [6.45, 7) is 1.40. The fourth-order valence-electron chi connectivity index (χ4n) is 3.97. The molecule has 3 N–H and O–H groups in total. The van der Waals surface area contributed by atoms with Gasteiger partial charge in [-0.25, -0.2) is 13.2 Å². The third kappa shape index (κ3) is 2.76. The standard InChI is InChI=1S/C17H20N4O4S/c1-9-15(16(22)20-17(23)18-9)26(24,25)21-14-10-5-2-3-7-12(10)19-13-8-4-6-11(13)14/h2-8H2,1H3,(H,19,21)(H2,18,20,22,23). The lowest BCUT2D eigenvalue weighted by atomic mass is 9.92. The first kappa shape index (κ1) is 17.0. The van der Waals surface area contributed by atoms with Gasteiger partial charge >= 0.3 is 5.69 Å². The monoisotopic (exact) mass is 376 g/mol. The molecular formula is C17H20N4O4S. The molecule has 2 aliphatic rings. The van der Waals surface area contributed by atoms with E-state index in [1.807, 2.05) is 4.98 Å². The van der Waals surface area contributed by atoms with E-state index in [0.717, 1.165) is 67.5 Å². The quantitative estimate of drug-likeness (QED) is 0.735. The van der Waals surface area contributed by atoms with Crippen LogP contribution in [0.4, 0.5) is 5.69 Å². The van der Waals surface area contributed by atoms with Gasteiger partial charge in [-0.2, -0.15) is 0 Å². The van der Waals surface area contributed by atoms with Gasteiger partial charge in [-0.15, -0.1) is 0 Å². The number of sulfonamides is 1. The number of hydrogen-bond donors (Lipinski definition) is 3. The van der Waals surface area contributed by atoms with Gasteiger partial charge in [-0.1, -0.05) is 0 Å². The van der Waals surface area contributed by atoms with Crippen molar-refractivity contribution >= 4 is 15.7 Å². The molecule has 0 aliphatic heterocycles. The van der Waals surface area contributed by atoms with E-state index in [4.69, 9.17) is 4.98 Å². The molecule has 9 heteroatoms. The SMILES string of the molecule is Cc1[nH]c(=O)[nH]c(=O)c1S(=O)(=O)Nc1c2c(nc3c1CCC3)CCCC2. The van der Waals surface area contributed by atoms with Crippen molar-refractivity contribution in [2.75, 3.05) is 4.72 Å². The zero-order valence-corrected chi connectivity index (χ0v) is 15.3. The predicted octanol–water partition coefficient (Wildman–Crippen LogP) is 0.935. The molecule has 0 amide bonds. The van der Waals surface area contributed by atoms with Crippen molar-refractivity contribution in [1.82, 2.24) is 15.0 Å². The Labute approximate surface area is 150 Å². The maximum atomic E-state index is 13.0. The van der Waals surface area contributed by atoms with E-state index in [9.17, 15) is 18.0 Å². The van der Waals surface area contributed by atoms with Crippen LogP contribution < -0.4 is 16.0 Å². The number of aromatic amines is 2. The molecule has 0 atom stereocenters. The van der Waals surface area contributed by atoms with Crippen LogP contribution in [0.5, 0.6) is 0 Å². The average molecular weight is 376 g/mol. The molecule has 0 aromatic carbocycles. The molecule has 0 unspecified atom stereocenters. The van der Waals surface area contributed by atoms with Crippen molar-refractivity contribution in [3.05, 3.63) is 49.0 Å². The Balaban J connectivity index is 1.87. The smallest absolute Gasteiger partial charge is 0.310 e. The topological polar surface area (TPSA) is 125 Å². The number of fused-ring (bicyclic) bond motifs is 2. The lowest BCUT2D eigenvalue weighted by molar-refractivity contribution is 0.597. The number of anilines is 1. The first-order valence-corrected chi connectivity index (χ1v) is 10.2. The Morgan fingerprint density at radius 3 is 2.23 bits per heavy atom. The zero-order chi connectivity index (χ0) is 18.5. The molecule has 138 valence electrons. The van der Waals surface area contributed by atoms with Gasteiger partial charge < -0.3 is 4.98 Å². The van der Waals surface area contributed by atoms with Gasteiger partial charge in [0.05, 0.1) is 5.69 Å². The minimum absolute atomic E-state index is 0.0193. The van der Waals surface area contributed by atoms with Crippen molar-refractivity contribution in [3.8, 4) is 0 Å². The van der Waals surface area contributed by atoms with E-state index in [2.05, 4.69) is 9.71 Å². The molecule has 0 bridgehead atoms. The van der Waals surface area contributed by atoms with E-state index in [1.165, 1.54) is 6.92 Å². The summed E-state index contributed by atoms with van der Waals surface area (Å²) in [5.41, 5.74) is 2.76. The molecule has 2 aliphatic carbocycles. The number of nitrogens with one attached hydrogen (secondary N) is 3. The van der Waals surface area contributed by atoms with Crippen LogP contribution in [0.1, 0.15) is 47.5 Å². The maximum Gasteiger partial charge on any atom is 0.325 e. The highest BCUT2D eigenvalue weighted by atomic mass is 32.2. The molecule has 0 saturated carbocycles. The van der Waals surface area contributed by atoms with Gasteiger partial charge in [0.2, 0.25) is 0 Å². The summed E-state index contributed by atoms with van der Waals surface area (Å²) >= 11 is 0. The molecule has 4 rings (SSSR count). The summed E-state index contributed by atoms with van der Waals surface area (Å²) in [4.78, 5) is 32.1. The fraction of sp³-hybridized carbons (Fsp3) is 0.471. The third-order valence-corrected chi connectivity index (χ3v) is 6.58. The van der Waals surface area contributed by atoms with E-state index >= 15 is 0 Å². The van der Waals surface area contributed by atoms with Gasteiger partial charge in [-0.3, -0.25) is 19.5 Å². The van der Waals surface area contributed by atoms with Crippen molar-refractivity contribution in [3.63, 3.8) is 0 Å². The third-order valence-electron chi connectivity index (χ3n) is 5.08. The summed E-state index contributed by atoms with van der Waals surface area (Å²) in [5, 5.41) is 0. The van der Waals surface area contributed by atoms with E-state index in [1.54, 1.807) is 0 Å². The summed E-state index contributed by atoms with van der Waals surface area (Å²) in [6, 6.07) is 0. The normalized spacial score (nSPS) is 16.2. The molecule has 0 radical (unpaired) electrons. The highest BCUT2D eigenvalue weighted by Gasteiger charge is 2.29. The van der Waals surface area contributed by atoms with Gasteiger partial charge in [0.1, 0.15) is 0 Å². The molecule has 0 spiro atoms. The van der Waals surface area contributed by atoms with E-state index < -0.39 is 26.2 Å². The molecule has 2 heterocycles. The number of rotatable bonds is 3. The van der Waals surface area contributed by atoms with Gasteiger partial charge in [0, 0.05) is 17.1 Å². The molecule has 2 aromatic rings. The predicted molar refractivity (Wildman–Crippen MR) is 96.1 cm³/mol.